The van der Waals surface area contributed by atoms with E-state index in [-0.39, 0.29) is 11.5 Å². The van der Waals surface area contributed by atoms with Crippen LogP contribution in [0.15, 0.2) is 70.5 Å². The zero-order valence-corrected chi connectivity index (χ0v) is 19.7. The number of pyridine rings is 1. The monoisotopic (exact) mass is 478 g/mol. The van der Waals surface area contributed by atoms with Crippen LogP contribution in [0.1, 0.15) is 36.7 Å². The summed E-state index contributed by atoms with van der Waals surface area (Å²) in [4.78, 5) is 33.2. The molecule has 0 radical (unpaired) electrons. The molecule has 4 heterocycles. The highest BCUT2D eigenvalue weighted by atomic mass is 32.2. The van der Waals surface area contributed by atoms with Gasteiger partial charge in [-0.15, -0.1) is 0 Å². The predicted molar refractivity (Wildman–Crippen MR) is 130 cm³/mol. The molecule has 1 aromatic carbocycles. The first-order valence-electron chi connectivity index (χ1n) is 11.5. The first-order valence-corrected chi connectivity index (χ1v) is 13.1. The molecule has 34 heavy (non-hydrogen) atoms. The molecular weight excluding hydrogens is 452 g/mol. The fraction of sp³-hybridized carbons (Fsp3) is 0.320. The second kappa shape index (κ2) is 8.72. The van der Waals surface area contributed by atoms with Gasteiger partial charge in [-0.1, -0.05) is 31.2 Å². The summed E-state index contributed by atoms with van der Waals surface area (Å²) in [6, 6.07) is 15.5. The summed E-state index contributed by atoms with van der Waals surface area (Å²) in [6.45, 7) is 3.25. The number of sulfone groups is 1. The van der Waals surface area contributed by atoms with Crippen molar-refractivity contribution in [1.82, 2.24) is 18.9 Å². The lowest BCUT2D eigenvalue weighted by Crippen LogP contribution is -2.43. The van der Waals surface area contributed by atoms with Gasteiger partial charge in [-0.2, -0.15) is 0 Å². The van der Waals surface area contributed by atoms with Crippen LogP contribution >= 0.6 is 0 Å². The number of hydrogen-bond acceptors (Lipinski definition) is 5. The first-order chi connectivity index (χ1) is 16.4. The number of likely N-dealkylation sites (tertiary alicyclic amines) is 1. The number of piperidine rings is 1. The van der Waals surface area contributed by atoms with Crippen LogP contribution < -0.4 is 5.56 Å². The first kappa shape index (κ1) is 22.3. The number of amides is 1. The van der Waals surface area contributed by atoms with Gasteiger partial charge in [0.05, 0.1) is 15.5 Å². The van der Waals surface area contributed by atoms with Crippen LogP contribution in [0, 0.1) is 0 Å². The van der Waals surface area contributed by atoms with Gasteiger partial charge in [-0.3, -0.25) is 14.0 Å². The van der Waals surface area contributed by atoms with E-state index < -0.39 is 15.1 Å². The largest absolute Gasteiger partial charge is 0.337 e. The Morgan fingerprint density at radius 3 is 2.47 bits per heavy atom. The van der Waals surface area contributed by atoms with Crippen molar-refractivity contribution in [3.8, 4) is 0 Å². The third-order valence-electron chi connectivity index (χ3n) is 6.48. The van der Waals surface area contributed by atoms with Gasteiger partial charge in [0.2, 0.25) is 0 Å². The minimum absolute atomic E-state index is 0.199. The summed E-state index contributed by atoms with van der Waals surface area (Å²) < 4.78 is 29.3. The molecule has 0 bridgehead atoms. The molecule has 0 saturated carbocycles. The van der Waals surface area contributed by atoms with Crippen molar-refractivity contribution in [2.75, 3.05) is 13.1 Å². The van der Waals surface area contributed by atoms with Gasteiger partial charge in [-0.25, -0.2) is 13.4 Å². The second-order valence-electron chi connectivity index (χ2n) is 8.61. The Morgan fingerprint density at radius 2 is 1.76 bits per heavy atom. The Hall–Kier alpha value is -3.46. The lowest BCUT2D eigenvalue weighted by Gasteiger charge is -2.32. The Balaban J connectivity index is 1.45. The van der Waals surface area contributed by atoms with Crippen molar-refractivity contribution < 1.29 is 13.2 Å². The van der Waals surface area contributed by atoms with Crippen LogP contribution in [0.25, 0.3) is 16.7 Å². The third-order valence-corrected chi connectivity index (χ3v) is 8.76. The van der Waals surface area contributed by atoms with Gasteiger partial charge >= 0.3 is 0 Å². The maximum Gasteiger partial charge on any atom is 0.270 e. The van der Waals surface area contributed by atoms with E-state index in [4.69, 9.17) is 0 Å². The molecule has 0 unspecified atom stereocenters. The summed E-state index contributed by atoms with van der Waals surface area (Å²) in [5.74, 6) is -0.199. The van der Waals surface area contributed by atoms with E-state index in [0.717, 1.165) is 6.42 Å². The van der Waals surface area contributed by atoms with Crippen molar-refractivity contribution in [2.24, 2.45) is 0 Å². The maximum atomic E-state index is 13.5. The normalized spacial score (nSPS) is 15.3. The van der Waals surface area contributed by atoms with E-state index in [2.05, 4.69) is 4.98 Å². The van der Waals surface area contributed by atoms with Crippen LogP contribution in [0.3, 0.4) is 0 Å². The average molecular weight is 479 g/mol. The molecule has 0 aliphatic carbocycles. The number of fused-ring (bicyclic) bond motifs is 2. The molecule has 3 aromatic heterocycles. The van der Waals surface area contributed by atoms with Crippen LogP contribution in [0.5, 0.6) is 0 Å². The Bertz CT molecular complexity index is 1530. The van der Waals surface area contributed by atoms with E-state index in [9.17, 15) is 18.0 Å². The lowest BCUT2D eigenvalue weighted by molar-refractivity contribution is 0.0715. The fourth-order valence-corrected chi connectivity index (χ4v) is 6.47. The van der Waals surface area contributed by atoms with Gasteiger partial charge in [0.25, 0.3) is 11.5 Å². The van der Waals surface area contributed by atoms with E-state index >= 15 is 0 Å². The average Bonchev–Trinajstić information content (AvgIpc) is 3.23. The van der Waals surface area contributed by atoms with Crippen molar-refractivity contribution in [2.45, 2.75) is 42.9 Å². The van der Waals surface area contributed by atoms with Gasteiger partial charge in [0.1, 0.15) is 17.0 Å². The predicted octanol–water partition coefficient (Wildman–Crippen LogP) is 3.14. The second-order valence-corrected chi connectivity index (χ2v) is 10.8. The molecule has 1 aliphatic rings. The molecule has 4 aromatic rings. The molecule has 1 fully saturated rings. The molecule has 0 atom stereocenters. The molecule has 0 spiro atoms. The fourth-order valence-electron chi connectivity index (χ4n) is 4.71. The van der Waals surface area contributed by atoms with Gasteiger partial charge in [-0.05, 0) is 49.6 Å². The molecule has 1 aliphatic heterocycles. The van der Waals surface area contributed by atoms with Crippen LogP contribution in [-0.4, -0.2) is 51.5 Å². The van der Waals surface area contributed by atoms with Crippen molar-refractivity contribution in [1.29, 1.82) is 0 Å². The summed E-state index contributed by atoms with van der Waals surface area (Å²) >= 11 is 0. The summed E-state index contributed by atoms with van der Waals surface area (Å²) in [5.41, 5.74) is 1.24. The van der Waals surface area contributed by atoms with Crippen molar-refractivity contribution in [3.05, 3.63) is 76.8 Å². The molecule has 0 N–H and O–H groups in total. The zero-order valence-electron chi connectivity index (χ0n) is 18.9. The smallest absolute Gasteiger partial charge is 0.270 e. The highest BCUT2D eigenvalue weighted by Gasteiger charge is 2.34. The van der Waals surface area contributed by atoms with Gasteiger partial charge in [0, 0.05) is 25.8 Å². The van der Waals surface area contributed by atoms with Gasteiger partial charge < -0.3 is 9.47 Å². The molecule has 8 nitrogen and oxygen atoms in total. The Labute approximate surface area is 197 Å². The summed E-state index contributed by atoms with van der Waals surface area (Å²) in [5, 5.41) is -0.112. The van der Waals surface area contributed by atoms with Crippen molar-refractivity contribution in [3.63, 3.8) is 0 Å². The topological polar surface area (TPSA) is 93.8 Å². The standard InChI is InChI=1S/C25H26N4O4S/c1-2-13-28-21(17-20-23(28)26-22-10-6-7-14-29(22)24(20)30)25(31)27-15-11-19(12-16-27)34(32,33)18-8-4-3-5-9-18/h3-10,14,17,19H,2,11-13,15-16H2,1H3. The number of rotatable bonds is 5. The number of nitrogens with zero attached hydrogens (tertiary/aromatic N) is 4. The number of benzene rings is 1. The minimum atomic E-state index is -3.44. The zero-order chi connectivity index (χ0) is 23.9. The Morgan fingerprint density at radius 1 is 1.06 bits per heavy atom. The lowest BCUT2D eigenvalue weighted by atomic mass is 10.1. The number of aromatic nitrogens is 3. The number of carbonyl (C=O) groups is 1. The highest BCUT2D eigenvalue weighted by molar-refractivity contribution is 7.92. The summed E-state index contributed by atoms with van der Waals surface area (Å²) in [6.07, 6.45) is 3.20. The number of carbonyl (C=O) groups excluding carboxylic acids is 1. The molecule has 176 valence electrons. The van der Waals surface area contributed by atoms with E-state index in [1.807, 2.05) is 17.6 Å². The van der Waals surface area contributed by atoms with E-state index in [1.165, 1.54) is 4.40 Å². The molecule has 9 heteroatoms. The number of hydrogen-bond donors (Lipinski definition) is 0. The van der Waals surface area contributed by atoms with Crippen LogP contribution in [0.2, 0.25) is 0 Å². The molecule has 1 saturated heterocycles. The van der Waals surface area contributed by atoms with Crippen LogP contribution in [-0.2, 0) is 16.4 Å². The van der Waals surface area contributed by atoms with Crippen LogP contribution in [0.4, 0.5) is 0 Å². The third kappa shape index (κ3) is 3.69. The quantitative estimate of drug-likeness (QED) is 0.439. The van der Waals surface area contributed by atoms with Crippen molar-refractivity contribution >= 4 is 32.4 Å². The molecule has 1 amide bonds. The minimum Gasteiger partial charge on any atom is -0.337 e. The molecular formula is C25H26N4O4S. The number of aryl methyl sites for hydroxylation is 1. The highest BCUT2D eigenvalue weighted by Crippen LogP contribution is 2.26. The van der Waals surface area contributed by atoms with E-state index in [1.54, 1.807) is 59.6 Å². The SMILES string of the molecule is CCCn1c(C(=O)N2CCC(S(=O)(=O)c3ccccc3)CC2)cc2c(=O)n3ccccc3nc21. The Kier molecular flexibility index (Phi) is 5.73. The maximum absolute atomic E-state index is 13.5. The molecule has 5 rings (SSSR count). The summed E-state index contributed by atoms with van der Waals surface area (Å²) in [7, 11) is -3.44. The van der Waals surface area contributed by atoms with Gasteiger partial charge in [0.15, 0.2) is 9.84 Å². The van der Waals surface area contributed by atoms with E-state index in [0.29, 0.717) is 59.7 Å².